The molecule has 2 atom stereocenters. The highest BCUT2D eigenvalue weighted by atomic mass is 32.1. The van der Waals surface area contributed by atoms with Crippen LogP contribution in [0.2, 0.25) is 0 Å². The van der Waals surface area contributed by atoms with Crippen LogP contribution < -0.4 is 10.6 Å². The molecule has 3 amide bonds. The van der Waals surface area contributed by atoms with Crippen molar-refractivity contribution in [1.82, 2.24) is 15.5 Å². The van der Waals surface area contributed by atoms with E-state index in [0.717, 1.165) is 11.1 Å². The van der Waals surface area contributed by atoms with Crippen molar-refractivity contribution in [3.8, 4) is 0 Å². The van der Waals surface area contributed by atoms with Crippen LogP contribution in [0.5, 0.6) is 0 Å². The first kappa shape index (κ1) is 29.3. The van der Waals surface area contributed by atoms with E-state index in [0.29, 0.717) is 5.56 Å². The molecule has 0 bridgehead atoms. The summed E-state index contributed by atoms with van der Waals surface area (Å²) in [4.78, 5) is 52.3. The van der Waals surface area contributed by atoms with E-state index in [2.05, 4.69) is 28.0 Å². The van der Waals surface area contributed by atoms with Gasteiger partial charge >= 0.3 is 12.1 Å². The van der Waals surface area contributed by atoms with E-state index in [1.165, 1.54) is 12.0 Å². The van der Waals surface area contributed by atoms with Crippen LogP contribution in [0.15, 0.2) is 18.2 Å². The normalized spacial score (nSPS) is 13.0. The molecular formula is C24H37N3O6S. The molecule has 0 aromatic heterocycles. The number of thiol groups is 1. The van der Waals surface area contributed by atoms with E-state index in [1.807, 2.05) is 32.0 Å². The lowest BCUT2D eigenvalue weighted by Crippen LogP contribution is -2.56. The Bertz CT molecular complexity index is 877. The number of alkyl carbamates (subject to hydrolysis) is 1. The number of rotatable bonds is 9. The summed E-state index contributed by atoms with van der Waals surface area (Å²) in [6.45, 7) is 12.1. The molecule has 2 N–H and O–H groups in total. The number of ether oxygens (including phenoxy) is 2. The van der Waals surface area contributed by atoms with Crippen molar-refractivity contribution >= 4 is 36.5 Å². The van der Waals surface area contributed by atoms with Gasteiger partial charge in [-0.3, -0.25) is 14.4 Å². The number of carbonyl (C=O) groups excluding carboxylic acids is 4. The van der Waals surface area contributed by atoms with Crippen molar-refractivity contribution in [1.29, 1.82) is 0 Å². The fourth-order valence-electron chi connectivity index (χ4n) is 3.43. The molecule has 0 aliphatic carbocycles. The lowest BCUT2D eigenvalue weighted by molar-refractivity contribution is -0.145. The summed E-state index contributed by atoms with van der Waals surface area (Å²) in [6.07, 6.45) is -0.762. The zero-order valence-corrected chi connectivity index (χ0v) is 22.1. The van der Waals surface area contributed by atoms with Gasteiger partial charge in [-0.15, -0.1) is 0 Å². The van der Waals surface area contributed by atoms with Crippen molar-refractivity contribution in [3.63, 3.8) is 0 Å². The van der Waals surface area contributed by atoms with Gasteiger partial charge in [0.2, 0.25) is 11.8 Å². The maximum absolute atomic E-state index is 13.6. The molecule has 0 spiro atoms. The number of hydrogen-bond donors (Lipinski definition) is 3. The SMILES string of the molecule is COC(=O)CNC(=O)C(c1cc(C)cc(C)c1)N(C(=O)C(CS)NC(=O)OC(C)(C)C)C(C)C. The minimum Gasteiger partial charge on any atom is -0.468 e. The second-order valence-corrected chi connectivity index (χ2v) is 9.70. The van der Waals surface area contributed by atoms with E-state index < -0.39 is 47.6 Å². The fraction of sp³-hybridized carbons (Fsp3) is 0.583. The molecule has 0 saturated heterocycles. The van der Waals surface area contributed by atoms with Crippen molar-refractivity contribution in [2.75, 3.05) is 19.4 Å². The third-order valence-electron chi connectivity index (χ3n) is 4.70. The Morgan fingerprint density at radius 3 is 2.06 bits per heavy atom. The molecule has 1 aromatic rings. The summed E-state index contributed by atoms with van der Waals surface area (Å²) in [5, 5.41) is 5.10. The third kappa shape index (κ3) is 8.89. The van der Waals surface area contributed by atoms with Gasteiger partial charge in [-0.1, -0.05) is 29.3 Å². The number of amides is 3. The Labute approximate surface area is 207 Å². The molecule has 10 heteroatoms. The number of hydrogen-bond acceptors (Lipinski definition) is 7. The zero-order valence-electron chi connectivity index (χ0n) is 21.2. The number of aryl methyl sites for hydroxylation is 2. The molecule has 190 valence electrons. The quantitative estimate of drug-likeness (QED) is 0.359. The molecule has 0 aliphatic rings. The summed E-state index contributed by atoms with van der Waals surface area (Å²) >= 11 is 4.25. The van der Waals surface area contributed by atoms with E-state index in [1.54, 1.807) is 34.6 Å². The molecule has 0 heterocycles. The van der Waals surface area contributed by atoms with E-state index >= 15 is 0 Å². The predicted octanol–water partition coefficient (Wildman–Crippen LogP) is 2.69. The maximum atomic E-state index is 13.6. The number of esters is 1. The van der Waals surface area contributed by atoms with Gasteiger partial charge in [0.1, 0.15) is 24.2 Å². The smallest absolute Gasteiger partial charge is 0.408 e. The lowest BCUT2D eigenvalue weighted by Gasteiger charge is -2.37. The molecule has 9 nitrogen and oxygen atoms in total. The third-order valence-corrected chi connectivity index (χ3v) is 5.07. The van der Waals surface area contributed by atoms with Crippen LogP contribution in [-0.4, -0.2) is 65.9 Å². The van der Waals surface area contributed by atoms with Gasteiger partial charge in [0.15, 0.2) is 0 Å². The van der Waals surface area contributed by atoms with Crippen LogP contribution in [0.1, 0.15) is 57.4 Å². The second-order valence-electron chi connectivity index (χ2n) is 9.34. The predicted molar refractivity (Wildman–Crippen MR) is 133 cm³/mol. The Balaban J connectivity index is 3.41. The summed E-state index contributed by atoms with van der Waals surface area (Å²) < 4.78 is 9.89. The van der Waals surface area contributed by atoms with Crippen LogP contribution in [0.4, 0.5) is 4.79 Å². The van der Waals surface area contributed by atoms with Crippen LogP contribution in [0.25, 0.3) is 0 Å². The first-order valence-electron chi connectivity index (χ1n) is 11.1. The molecule has 0 fully saturated rings. The summed E-state index contributed by atoms with van der Waals surface area (Å²) in [7, 11) is 1.22. The van der Waals surface area contributed by atoms with E-state index in [9.17, 15) is 19.2 Å². The second kappa shape index (κ2) is 12.6. The summed E-state index contributed by atoms with van der Waals surface area (Å²) in [5.41, 5.74) is 1.66. The highest BCUT2D eigenvalue weighted by molar-refractivity contribution is 7.80. The first-order chi connectivity index (χ1) is 15.7. The van der Waals surface area contributed by atoms with Crippen molar-refractivity contribution in [2.24, 2.45) is 0 Å². The molecule has 0 aliphatic heterocycles. The molecule has 1 rings (SSSR count). The Morgan fingerprint density at radius 2 is 1.62 bits per heavy atom. The van der Waals surface area contributed by atoms with Gasteiger partial charge in [0, 0.05) is 11.8 Å². The van der Waals surface area contributed by atoms with E-state index in [-0.39, 0.29) is 12.3 Å². The van der Waals surface area contributed by atoms with Gasteiger partial charge in [-0.2, -0.15) is 12.6 Å². The van der Waals surface area contributed by atoms with Crippen LogP contribution in [0, 0.1) is 13.8 Å². The number of nitrogens with one attached hydrogen (secondary N) is 2. The monoisotopic (exact) mass is 495 g/mol. The fourth-order valence-corrected chi connectivity index (χ4v) is 3.68. The first-order valence-corrected chi connectivity index (χ1v) is 11.7. The van der Waals surface area contributed by atoms with Crippen molar-refractivity contribution < 1.29 is 28.7 Å². The summed E-state index contributed by atoms with van der Waals surface area (Å²) in [5.74, 6) is -1.68. The minimum atomic E-state index is -1.06. The average Bonchev–Trinajstić information content (AvgIpc) is 2.70. The van der Waals surface area contributed by atoms with Crippen LogP contribution >= 0.6 is 12.6 Å². The van der Waals surface area contributed by atoms with Gasteiger partial charge in [-0.05, 0) is 54.0 Å². The van der Waals surface area contributed by atoms with Gasteiger partial charge in [0.25, 0.3) is 0 Å². The van der Waals surface area contributed by atoms with Gasteiger partial charge in [0.05, 0.1) is 7.11 Å². The molecule has 34 heavy (non-hydrogen) atoms. The number of nitrogens with zero attached hydrogens (tertiary/aromatic N) is 1. The zero-order chi connectivity index (χ0) is 26.2. The topological polar surface area (TPSA) is 114 Å². The van der Waals surface area contributed by atoms with Crippen molar-refractivity contribution in [2.45, 2.75) is 72.2 Å². The van der Waals surface area contributed by atoms with E-state index in [4.69, 9.17) is 4.74 Å². The Kier molecular flexibility index (Phi) is 10.9. The molecule has 2 unspecified atom stereocenters. The average molecular weight is 496 g/mol. The lowest BCUT2D eigenvalue weighted by atomic mass is 9.97. The highest BCUT2D eigenvalue weighted by Crippen LogP contribution is 2.27. The maximum Gasteiger partial charge on any atom is 0.408 e. The standard InChI is InChI=1S/C24H37N3O6S/c1-14(2)27(22(30)18(13-34)26-23(31)33-24(5,6)7)20(21(29)25-12-19(28)32-8)17-10-15(3)9-16(4)11-17/h9-11,14,18,20,34H,12-13H2,1-8H3,(H,25,29)(H,26,31). The number of methoxy groups -OCH3 is 1. The van der Waals surface area contributed by atoms with Crippen LogP contribution in [-0.2, 0) is 23.9 Å². The Morgan fingerprint density at radius 1 is 1.06 bits per heavy atom. The largest absolute Gasteiger partial charge is 0.468 e. The molecule has 0 radical (unpaired) electrons. The van der Waals surface area contributed by atoms with Gasteiger partial charge < -0.3 is 25.0 Å². The molecule has 0 saturated carbocycles. The number of benzene rings is 1. The number of carbonyl (C=O) groups is 4. The Hall–Kier alpha value is -2.75. The summed E-state index contributed by atoms with van der Waals surface area (Å²) in [6, 6.07) is 3.06. The van der Waals surface area contributed by atoms with Gasteiger partial charge in [-0.25, -0.2) is 4.79 Å². The van der Waals surface area contributed by atoms with Crippen LogP contribution in [0.3, 0.4) is 0 Å². The molecular weight excluding hydrogens is 458 g/mol. The molecule has 1 aromatic carbocycles. The van der Waals surface area contributed by atoms with Crippen molar-refractivity contribution in [3.05, 3.63) is 34.9 Å². The minimum absolute atomic E-state index is 0.00928. The highest BCUT2D eigenvalue weighted by Gasteiger charge is 2.37.